The Morgan fingerprint density at radius 2 is 2.24 bits per heavy atom. The zero-order chi connectivity index (χ0) is 15.0. The van der Waals surface area contributed by atoms with Gasteiger partial charge in [0, 0.05) is 31.7 Å². The Labute approximate surface area is 129 Å². The summed E-state index contributed by atoms with van der Waals surface area (Å²) in [6, 6.07) is 0.914. The SMILES string of the molecule is CCN1CCN(C(=O)c2sc(NC3CC3)nc2N)CC1C. The molecule has 2 aliphatic rings. The van der Waals surface area contributed by atoms with Crippen LogP contribution in [0.15, 0.2) is 0 Å². The van der Waals surface area contributed by atoms with E-state index in [4.69, 9.17) is 5.73 Å². The molecule has 3 rings (SSSR count). The molecule has 0 spiro atoms. The van der Waals surface area contributed by atoms with Crippen LogP contribution in [0, 0.1) is 0 Å². The van der Waals surface area contributed by atoms with Crippen LogP contribution >= 0.6 is 11.3 Å². The minimum atomic E-state index is 0.0245. The van der Waals surface area contributed by atoms with E-state index in [-0.39, 0.29) is 5.91 Å². The second-order valence-electron chi connectivity index (χ2n) is 5.88. The lowest BCUT2D eigenvalue weighted by Crippen LogP contribution is -2.53. The molecule has 21 heavy (non-hydrogen) atoms. The molecule has 1 aromatic rings. The Hall–Kier alpha value is -1.34. The zero-order valence-electron chi connectivity index (χ0n) is 12.6. The molecular weight excluding hydrogens is 286 g/mol. The molecule has 1 aliphatic heterocycles. The quantitative estimate of drug-likeness (QED) is 0.881. The number of nitrogen functional groups attached to an aromatic ring is 1. The molecule has 1 atom stereocenters. The molecule has 1 aliphatic carbocycles. The van der Waals surface area contributed by atoms with Crippen molar-refractivity contribution in [3.63, 3.8) is 0 Å². The molecule has 1 unspecified atom stereocenters. The van der Waals surface area contributed by atoms with Crippen molar-refractivity contribution in [2.24, 2.45) is 0 Å². The van der Waals surface area contributed by atoms with Crippen molar-refractivity contribution >= 4 is 28.2 Å². The average Bonchev–Trinajstić information content (AvgIpc) is 3.20. The number of amides is 1. The van der Waals surface area contributed by atoms with Crippen LogP contribution in [0.25, 0.3) is 0 Å². The van der Waals surface area contributed by atoms with E-state index >= 15 is 0 Å². The van der Waals surface area contributed by atoms with Crippen LogP contribution in [0.2, 0.25) is 0 Å². The summed E-state index contributed by atoms with van der Waals surface area (Å²) in [6.07, 6.45) is 2.36. The number of anilines is 2. The monoisotopic (exact) mass is 309 g/mol. The number of rotatable bonds is 4. The minimum Gasteiger partial charge on any atom is -0.382 e. The first kappa shape index (κ1) is 14.6. The first-order chi connectivity index (χ1) is 10.1. The minimum absolute atomic E-state index is 0.0245. The van der Waals surface area contributed by atoms with Crippen molar-refractivity contribution in [2.75, 3.05) is 37.2 Å². The highest BCUT2D eigenvalue weighted by molar-refractivity contribution is 7.18. The number of hydrogen-bond acceptors (Lipinski definition) is 6. The van der Waals surface area contributed by atoms with Gasteiger partial charge in [-0.1, -0.05) is 18.3 Å². The maximum Gasteiger partial charge on any atom is 0.267 e. The number of aromatic nitrogens is 1. The maximum absolute atomic E-state index is 12.6. The fourth-order valence-electron chi connectivity index (χ4n) is 2.74. The Kier molecular flexibility index (Phi) is 4.03. The Balaban J connectivity index is 1.68. The zero-order valence-corrected chi connectivity index (χ0v) is 13.4. The lowest BCUT2D eigenvalue weighted by molar-refractivity contribution is 0.0533. The van der Waals surface area contributed by atoms with Crippen LogP contribution in [0.4, 0.5) is 10.9 Å². The number of carbonyl (C=O) groups is 1. The highest BCUT2D eigenvalue weighted by atomic mass is 32.1. The maximum atomic E-state index is 12.6. The number of likely N-dealkylation sites (N-methyl/N-ethyl adjacent to an activating group) is 1. The van der Waals surface area contributed by atoms with Crippen LogP contribution in [-0.2, 0) is 0 Å². The van der Waals surface area contributed by atoms with Gasteiger partial charge in [-0.3, -0.25) is 9.69 Å². The Bertz CT molecular complexity index is 527. The van der Waals surface area contributed by atoms with Gasteiger partial charge in [-0.15, -0.1) is 0 Å². The van der Waals surface area contributed by atoms with Crippen molar-refractivity contribution in [1.29, 1.82) is 0 Å². The summed E-state index contributed by atoms with van der Waals surface area (Å²) in [6.45, 7) is 7.80. The largest absolute Gasteiger partial charge is 0.382 e. The van der Waals surface area contributed by atoms with Gasteiger partial charge in [0.15, 0.2) is 5.13 Å². The highest BCUT2D eigenvalue weighted by Crippen LogP contribution is 2.31. The van der Waals surface area contributed by atoms with Crippen LogP contribution in [-0.4, -0.2) is 59.0 Å². The predicted octanol–water partition coefficient (Wildman–Crippen LogP) is 1.47. The van der Waals surface area contributed by atoms with Crippen molar-refractivity contribution in [1.82, 2.24) is 14.8 Å². The van der Waals surface area contributed by atoms with Gasteiger partial charge in [0.05, 0.1) is 0 Å². The van der Waals surface area contributed by atoms with Crippen LogP contribution in [0.3, 0.4) is 0 Å². The number of nitrogens with one attached hydrogen (secondary N) is 1. The number of nitrogens with zero attached hydrogens (tertiary/aromatic N) is 3. The topological polar surface area (TPSA) is 74.5 Å². The third-order valence-electron chi connectivity index (χ3n) is 4.21. The molecule has 2 heterocycles. The third-order valence-corrected chi connectivity index (χ3v) is 5.20. The van der Waals surface area contributed by atoms with Gasteiger partial charge >= 0.3 is 0 Å². The van der Waals surface area contributed by atoms with Gasteiger partial charge in [-0.25, -0.2) is 4.98 Å². The summed E-state index contributed by atoms with van der Waals surface area (Å²) in [5, 5.41) is 4.08. The molecule has 2 fully saturated rings. The van der Waals surface area contributed by atoms with E-state index < -0.39 is 0 Å². The number of carbonyl (C=O) groups excluding carboxylic acids is 1. The van der Waals surface area contributed by atoms with E-state index in [0.29, 0.717) is 22.8 Å². The van der Waals surface area contributed by atoms with Gasteiger partial charge in [-0.05, 0) is 26.3 Å². The molecule has 7 heteroatoms. The normalized spacial score (nSPS) is 23.3. The second kappa shape index (κ2) is 5.81. The summed E-state index contributed by atoms with van der Waals surface area (Å²) >= 11 is 1.39. The van der Waals surface area contributed by atoms with E-state index in [0.717, 1.165) is 31.3 Å². The first-order valence-electron chi connectivity index (χ1n) is 7.64. The molecule has 3 N–H and O–H groups in total. The second-order valence-corrected chi connectivity index (χ2v) is 6.88. The van der Waals surface area contributed by atoms with Crippen molar-refractivity contribution < 1.29 is 4.79 Å². The fraction of sp³-hybridized carbons (Fsp3) is 0.714. The van der Waals surface area contributed by atoms with Crippen molar-refractivity contribution in [3.8, 4) is 0 Å². The van der Waals surface area contributed by atoms with Gasteiger partial charge in [0.1, 0.15) is 10.7 Å². The van der Waals surface area contributed by atoms with Crippen LogP contribution in [0.5, 0.6) is 0 Å². The average molecular weight is 309 g/mol. The van der Waals surface area contributed by atoms with Crippen LogP contribution < -0.4 is 11.1 Å². The lowest BCUT2D eigenvalue weighted by Gasteiger charge is -2.39. The molecule has 0 aromatic carbocycles. The van der Waals surface area contributed by atoms with Gasteiger partial charge in [0.2, 0.25) is 0 Å². The Morgan fingerprint density at radius 3 is 2.86 bits per heavy atom. The smallest absolute Gasteiger partial charge is 0.267 e. The molecule has 0 radical (unpaired) electrons. The van der Waals surface area contributed by atoms with E-state index in [2.05, 4.69) is 29.0 Å². The van der Waals surface area contributed by atoms with E-state index in [1.807, 2.05) is 4.90 Å². The van der Waals surface area contributed by atoms with E-state index in [9.17, 15) is 4.79 Å². The van der Waals surface area contributed by atoms with Crippen molar-refractivity contribution in [2.45, 2.75) is 38.8 Å². The lowest BCUT2D eigenvalue weighted by atomic mass is 10.2. The molecular formula is C14H23N5OS. The van der Waals surface area contributed by atoms with E-state index in [1.165, 1.54) is 24.2 Å². The number of piperazine rings is 1. The van der Waals surface area contributed by atoms with Gasteiger partial charge < -0.3 is 16.0 Å². The summed E-state index contributed by atoms with van der Waals surface area (Å²) < 4.78 is 0. The van der Waals surface area contributed by atoms with E-state index in [1.54, 1.807) is 0 Å². The molecule has 116 valence electrons. The van der Waals surface area contributed by atoms with Crippen molar-refractivity contribution in [3.05, 3.63) is 4.88 Å². The summed E-state index contributed by atoms with van der Waals surface area (Å²) in [4.78, 5) is 21.8. The molecule has 1 saturated carbocycles. The number of hydrogen-bond donors (Lipinski definition) is 2. The summed E-state index contributed by atoms with van der Waals surface area (Å²) in [7, 11) is 0. The Morgan fingerprint density at radius 1 is 1.48 bits per heavy atom. The molecule has 6 nitrogen and oxygen atoms in total. The molecule has 1 saturated heterocycles. The number of nitrogens with two attached hydrogens (primary N) is 1. The molecule has 1 amide bonds. The summed E-state index contributed by atoms with van der Waals surface area (Å²) in [5.41, 5.74) is 5.93. The third kappa shape index (κ3) is 3.13. The van der Waals surface area contributed by atoms with Gasteiger partial charge in [0.25, 0.3) is 5.91 Å². The highest BCUT2D eigenvalue weighted by Gasteiger charge is 2.30. The molecule has 1 aromatic heterocycles. The predicted molar refractivity (Wildman–Crippen MR) is 85.8 cm³/mol. The standard InChI is InChI=1S/C14H23N5OS/c1-3-18-6-7-19(8-9(18)2)13(20)11-12(15)17-14(21-11)16-10-4-5-10/h9-10H,3-8,15H2,1-2H3,(H,16,17). The summed E-state index contributed by atoms with van der Waals surface area (Å²) in [5.74, 6) is 0.384. The van der Waals surface area contributed by atoms with Gasteiger partial charge in [-0.2, -0.15) is 0 Å². The fourth-order valence-corrected chi connectivity index (χ4v) is 3.67. The molecule has 0 bridgehead atoms. The van der Waals surface area contributed by atoms with Crippen LogP contribution in [0.1, 0.15) is 36.4 Å². The first-order valence-corrected chi connectivity index (χ1v) is 8.46. The number of thiazole rings is 1.